The van der Waals surface area contributed by atoms with Crippen LogP contribution in [0.5, 0.6) is 0 Å². The number of hydrogen-bond donors (Lipinski definition) is 1. The smallest absolute Gasteiger partial charge is 0.0329 e. The van der Waals surface area contributed by atoms with Crippen LogP contribution in [0.3, 0.4) is 0 Å². The van der Waals surface area contributed by atoms with Crippen molar-refractivity contribution >= 4 is 10.8 Å². The predicted molar refractivity (Wildman–Crippen MR) is 80.4 cm³/mol. The zero-order valence-corrected chi connectivity index (χ0v) is 13.4. The van der Waals surface area contributed by atoms with Crippen LogP contribution in [0.1, 0.15) is 40.5 Å². The summed E-state index contributed by atoms with van der Waals surface area (Å²) < 4.78 is 11.4. The van der Waals surface area contributed by atoms with E-state index in [9.17, 15) is 4.21 Å². The van der Waals surface area contributed by atoms with E-state index < -0.39 is 10.8 Å². The van der Waals surface area contributed by atoms with Gasteiger partial charge in [0.05, 0.1) is 0 Å². The quantitative estimate of drug-likeness (QED) is 0.802. The number of hydrogen-bond acceptors (Lipinski definition) is 3. The van der Waals surface area contributed by atoms with E-state index in [0.29, 0.717) is 23.3 Å². The van der Waals surface area contributed by atoms with Crippen LogP contribution in [0.15, 0.2) is 0 Å². The number of nitrogens with zero attached hydrogens (tertiary/aromatic N) is 1. The highest BCUT2D eigenvalue weighted by Crippen LogP contribution is 2.17. The Kier molecular flexibility index (Phi) is 6.82. The maximum absolute atomic E-state index is 11.4. The number of nitrogens with one attached hydrogen (secondary N) is 1. The highest BCUT2D eigenvalue weighted by molar-refractivity contribution is 7.84. The van der Waals surface area contributed by atoms with Gasteiger partial charge in [-0.1, -0.05) is 27.7 Å². The van der Waals surface area contributed by atoms with Gasteiger partial charge in [-0.3, -0.25) is 9.11 Å². The second kappa shape index (κ2) is 7.61. The molecule has 0 aromatic rings. The van der Waals surface area contributed by atoms with Crippen LogP contribution >= 0.6 is 0 Å². The minimum absolute atomic E-state index is 0.313. The van der Waals surface area contributed by atoms with Crippen LogP contribution in [-0.2, 0) is 10.8 Å². The Hall–Kier alpha value is 0.0700. The number of rotatable bonds is 6. The molecule has 1 heterocycles. The largest absolute Gasteiger partial charge is 0.311 e. The Morgan fingerprint density at radius 1 is 1.39 bits per heavy atom. The van der Waals surface area contributed by atoms with Gasteiger partial charge in [0.25, 0.3) is 0 Å². The molecule has 4 heteroatoms. The second-order valence-electron chi connectivity index (χ2n) is 5.92. The predicted octanol–water partition coefficient (Wildman–Crippen LogP) is 1.85. The third-order valence-corrected chi connectivity index (χ3v) is 5.56. The lowest BCUT2D eigenvalue weighted by Crippen LogP contribution is -2.58. The molecule has 18 heavy (non-hydrogen) atoms. The summed E-state index contributed by atoms with van der Waals surface area (Å²) >= 11 is 0. The van der Waals surface area contributed by atoms with Gasteiger partial charge in [-0.05, 0) is 25.3 Å². The average molecular weight is 274 g/mol. The van der Waals surface area contributed by atoms with Crippen molar-refractivity contribution in [3.05, 3.63) is 0 Å². The maximum atomic E-state index is 11.4. The summed E-state index contributed by atoms with van der Waals surface area (Å²) in [6, 6.07) is 1.26. The first-order chi connectivity index (χ1) is 8.45. The van der Waals surface area contributed by atoms with Crippen molar-refractivity contribution in [2.24, 2.45) is 5.92 Å². The van der Waals surface area contributed by atoms with Gasteiger partial charge in [0, 0.05) is 47.5 Å². The molecule has 0 aliphatic carbocycles. The maximum Gasteiger partial charge on any atom is 0.0329 e. The van der Waals surface area contributed by atoms with Crippen LogP contribution in [0.4, 0.5) is 0 Å². The normalized spacial score (nSPS) is 29.4. The van der Waals surface area contributed by atoms with Crippen LogP contribution in [0.25, 0.3) is 0 Å². The molecule has 0 aromatic carbocycles. The summed E-state index contributed by atoms with van der Waals surface area (Å²) in [5.41, 5.74) is 0. The van der Waals surface area contributed by atoms with Crippen molar-refractivity contribution < 1.29 is 4.21 Å². The number of piperazine rings is 1. The van der Waals surface area contributed by atoms with Crippen molar-refractivity contribution in [1.82, 2.24) is 10.2 Å². The van der Waals surface area contributed by atoms with E-state index >= 15 is 0 Å². The van der Waals surface area contributed by atoms with Gasteiger partial charge in [0.15, 0.2) is 0 Å². The molecule has 4 unspecified atom stereocenters. The van der Waals surface area contributed by atoms with Crippen molar-refractivity contribution in [2.75, 3.05) is 25.9 Å². The molecular formula is C14H30N2OS. The molecule has 0 radical (unpaired) electrons. The summed E-state index contributed by atoms with van der Waals surface area (Å²) in [5.74, 6) is 0.678. The lowest BCUT2D eigenvalue weighted by atomic mass is 9.97. The zero-order chi connectivity index (χ0) is 13.7. The fourth-order valence-electron chi connectivity index (χ4n) is 2.60. The van der Waals surface area contributed by atoms with E-state index in [2.05, 4.69) is 37.9 Å². The molecule has 0 amide bonds. The molecule has 1 N–H and O–H groups in total. The van der Waals surface area contributed by atoms with Gasteiger partial charge in [0.1, 0.15) is 0 Å². The van der Waals surface area contributed by atoms with E-state index in [1.165, 1.54) is 6.42 Å². The molecule has 0 saturated carbocycles. The third kappa shape index (κ3) is 4.63. The Morgan fingerprint density at radius 2 is 2.06 bits per heavy atom. The van der Waals surface area contributed by atoms with Crippen molar-refractivity contribution in [1.29, 1.82) is 0 Å². The van der Waals surface area contributed by atoms with E-state index in [1.54, 1.807) is 0 Å². The summed E-state index contributed by atoms with van der Waals surface area (Å²) in [5, 5.41) is 3.95. The van der Waals surface area contributed by atoms with Crippen molar-refractivity contribution in [2.45, 2.75) is 57.9 Å². The van der Waals surface area contributed by atoms with Gasteiger partial charge in [0.2, 0.25) is 0 Å². The van der Waals surface area contributed by atoms with Crippen LogP contribution in [0.2, 0.25) is 0 Å². The molecule has 108 valence electrons. The summed E-state index contributed by atoms with van der Waals surface area (Å²) in [6.45, 7) is 12.3. The second-order valence-corrected chi connectivity index (χ2v) is 7.72. The SMILES string of the molecule is CCC1CN(CCC(C)S(C)=O)C(C(C)C)CN1. The molecule has 1 rings (SSSR count). The monoisotopic (exact) mass is 274 g/mol. The average Bonchev–Trinajstić information content (AvgIpc) is 2.34. The highest BCUT2D eigenvalue weighted by Gasteiger charge is 2.29. The first-order valence-electron chi connectivity index (χ1n) is 7.25. The van der Waals surface area contributed by atoms with E-state index in [1.807, 2.05) is 6.26 Å². The van der Waals surface area contributed by atoms with Crippen LogP contribution in [0, 0.1) is 5.92 Å². The molecule has 0 aromatic heterocycles. The fourth-order valence-corrected chi connectivity index (χ4v) is 3.04. The van der Waals surface area contributed by atoms with Crippen molar-refractivity contribution in [3.63, 3.8) is 0 Å². The van der Waals surface area contributed by atoms with Crippen LogP contribution < -0.4 is 5.32 Å². The molecule has 1 fully saturated rings. The molecular weight excluding hydrogens is 244 g/mol. The van der Waals surface area contributed by atoms with Gasteiger partial charge in [-0.2, -0.15) is 0 Å². The molecule has 4 atom stereocenters. The molecule has 3 nitrogen and oxygen atoms in total. The zero-order valence-electron chi connectivity index (χ0n) is 12.6. The Bertz CT molecular complexity index is 271. The van der Waals surface area contributed by atoms with Gasteiger partial charge in [-0.15, -0.1) is 0 Å². The minimum atomic E-state index is -0.689. The summed E-state index contributed by atoms with van der Waals surface area (Å²) in [6.07, 6.45) is 4.05. The molecule has 0 spiro atoms. The summed E-state index contributed by atoms with van der Waals surface area (Å²) in [4.78, 5) is 2.61. The minimum Gasteiger partial charge on any atom is -0.311 e. The molecule has 1 saturated heterocycles. The Labute approximate surface area is 115 Å². The van der Waals surface area contributed by atoms with Gasteiger partial charge in [-0.25, -0.2) is 0 Å². The van der Waals surface area contributed by atoms with E-state index in [-0.39, 0.29) is 0 Å². The lowest BCUT2D eigenvalue weighted by molar-refractivity contribution is 0.0961. The van der Waals surface area contributed by atoms with Crippen molar-refractivity contribution in [3.8, 4) is 0 Å². The van der Waals surface area contributed by atoms with Gasteiger partial charge >= 0.3 is 0 Å². The van der Waals surface area contributed by atoms with Gasteiger partial charge < -0.3 is 5.32 Å². The topological polar surface area (TPSA) is 32.3 Å². The lowest BCUT2D eigenvalue weighted by Gasteiger charge is -2.42. The van der Waals surface area contributed by atoms with E-state index in [4.69, 9.17) is 0 Å². The summed E-state index contributed by atoms with van der Waals surface area (Å²) in [7, 11) is -0.689. The van der Waals surface area contributed by atoms with E-state index in [0.717, 1.165) is 26.1 Å². The first kappa shape index (κ1) is 16.1. The first-order valence-corrected chi connectivity index (χ1v) is 8.87. The molecule has 1 aliphatic heterocycles. The molecule has 0 bridgehead atoms. The highest BCUT2D eigenvalue weighted by atomic mass is 32.2. The van der Waals surface area contributed by atoms with Crippen LogP contribution in [-0.4, -0.2) is 52.3 Å². The molecule has 1 aliphatic rings. The Morgan fingerprint density at radius 3 is 2.56 bits per heavy atom. The standard InChI is InChI=1S/C14H30N2OS/c1-6-13-10-16(8-7-12(4)18(5)17)14(9-15-13)11(2)3/h11-15H,6-10H2,1-5H3. The third-order valence-electron chi connectivity index (χ3n) is 4.19. The fraction of sp³-hybridized carbons (Fsp3) is 1.00. The Balaban J connectivity index is 2.53.